The third kappa shape index (κ3) is 2.37. The zero-order chi connectivity index (χ0) is 10.7. The summed E-state index contributed by atoms with van der Waals surface area (Å²) in [6, 6.07) is 4.67. The number of halogens is 2. The van der Waals surface area contributed by atoms with E-state index in [1.807, 2.05) is 0 Å². The fourth-order valence-electron chi connectivity index (χ4n) is 1.40. The molecule has 0 aromatic heterocycles. The Bertz CT molecular complexity index is 345. The molecule has 0 N–H and O–H groups in total. The van der Waals surface area contributed by atoms with E-state index in [4.69, 9.17) is 0 Å². The lowest BCUT2D eigenvalue weighted by Crippen LogP contribution is -2.01. The molecule has 1 rings (SSSR count). The van der Waals surface area contributed by atoms with Crippen molar-refractivity contribution in [1.82, 2.24) is 0 Å². The highest BCUT2D eigenvalue weighted by Crippen LogP contribution is 2.24. The molecule has 0 saturated carbocycles. The van der Waals surface area contributed by atoms with Crippen molar-refractivity contribution in [2.24, 2.45) is 0 Å². The first-order valence-electron chi connectivity index (χ1n) is 4.38. The number of Topliss-reactive ketones (excluding diaryl/α,β-unsaturated/α-hetero) is 1. The van der Waals surface area contributed by atoms with Crippen molar-refractivity contribution >= 4 is 5.78 Å². The molecule has 0 unspecified atom stereocenters. The first-order chi connectivity index (χ1) is 6.52. The van der Waals surface area contributed by atoms with Crippen molar-refractivity contribution in [3.63, 3.8) is 0 Å². The predicted molar refractivity (Wildman–Crippen MR) is 50.5 cm³/mol. The van der Waals surface area contributed by atoms with Crippen LogP contribution in [0.15, 0.2) is 18.2 Å². The van der Waals surface area contributed by atoms with Gasteiger partial charge < -0.3 is 0 Å². The highest BCUT2D eigenvalue weighted by molar-refractivity contribution is 5.78. The molecule has 0 radical (unpaired) electrons. The van der Waals surface area contributed by atoms with Crippen LogP contribution in [-0.2, 0) is 11.2 Å². The minimum Gasteiger partial charge on any atom is -0.300 e. The second kappa shape index (κ2) is 4.31. The molecule has 14 heavy (non-hydrogen) atoms. The third-order valence-corrected chi connectivity index (χ3v) is 2.16. The molecule has 0 bridgehead atoms. The summed E-state index contributed by atoms with van der Waals surface area (Å²) < 4.78 is 24.9. The Morgan fingerprint density at radius 2 is 2.07 bits per heavy atom. The van der Waals surface area contributed by atoms with Gasteiger partial charge in [-0.2, -0.15) is 0 Å². The van der Waals surface area contributed by atoms with Crippen LogP contribution >= 0.6 is 0 Å². The van der Waals surface area contributed by atoms with E-state index in [0.29, 0.717) is 11.1 Å². The van der Waals surface area contributed by atoms with Gasteiger partial charge in [-0.25, -0.2) is 8.78 Å². The minimum atomic E-state index is -2.47. The normalized spacial score (nSPS) is 10.6. The molecule has 0 saturated heterocycles. The first-order valence-corrected chi connectivity index (χ1v) is 4.38. The van der Waals surface area contributed by atoms with Crippen molar-refractivity contribution in [2.75, 3.05) is 0 Å². The van der Waals surface area contributed by atoms with Crippen molar-refractivity contribution in [3.8, 4) is 0 Å². The van der Waals surface area contributed by atoms with Gasteiger partial charge >= 0.3 is 0 Å². The number of alkyl halides is 2. The van der Waals surface area contributed by atoms with Crippen LogP contribution in [-0.4, -0.2) is 5.78 Å². The summed E-state index contributed by atoms with van der Waals surface area (Å²) in [5, 5.41) is 0. The molecule has 1 aromatic carbocycles. The second-order valence-electron chi connectivity index (χ2n) is 3.31. The number of hydrogen-bond donors (Lipinski definition) is 0. The summed E-state index contributed by atoms with van der Waals surface area (Å²) in [4.78, 5) is 10.9. The molecule has 0 aliphatic heterocycles. The van der Waals surface area contributed by atoms with E-state index in [1.165, 1.54) is 13.0 Å². The standard InChI is InChI=1S/C11H12F2O/c1-7(14)6-9-4-3-5-10(8(9)2)11(12)13/h3-5,11H,6H2,1-2H3. The summed E-state index contributed by atoms with van der Waals surface area (Å²) >= 11 is 0. The Morgan fingerprint density at radius 3 is 2.57 bits per heavy atom. The maximum absolute atomic E-state index is 12.5. The van der Waals surface area contributed by atoms with Crippen LogP contribution in [0.4, 0.5) is 8.78 Å². The van der Waals surface area contributed by atoms with Crippen LogP contribution in [0.25, 0.3) is 0 Å². The number of carbonyl (C=O) groups is 1. The molecule has 0 atom stereocenters. The van der Waals surface area contributed by atoms with Gasteiger partial charge in [0.15, 0.2) is 0 Å². The smallest absolute Gasteiger partial charge is 0.264 e. The van der Waals surface area contributed by atoms with Crippen LogP contribution < -0.4 is 0 Å². The zero-order valence-corrected chi connectivity index (χ0v) is 8.18. The largest absolute Gasteiger partial charge is 0.300 e. The fourth-order valence-corrected chi connectivity index (χ4v) is 1.40. The lowest BCUT2D eigenvalue weighted by Gasteiger charge is -2.09. The lowest BCUT2D eigenvalue weighted by molar-refractivity contribution is -0.116. The van der Waals surface area contributed by atoms with Gasteiger partial charge in [0, 0.05) is 12.0 Å². The average Bonchev–Trinajstić information content (AvgIpc) is 2.07. The minimum absolute atomic E-state index is 0.0143. The number of rotatable bonds is 3. The number of ketones is 1. The molecule has 0 aliphatic rings. The molecule has 76 valence electrons. The molecular formula is C11H12F2O. The Balaban J connectivity index is 3.07. The van der Waals surface area contributed by atoms with Crippen LogP contribution in [0.3, 0.4) is 0 Å². The summed E-state index contributed by atoms with van der Waals surface area (Å²) in [5.74, 6) is -0.0143. The molecular weight excluding hydrogens is 186 g/mol. The number of carbonyl (C=O) groups excluding carboxylic acids is 1. The Hall–Kier alpha value is -1.25. The zero-order valence-electron chi connectivity index (χ0n) is 8.18. The summed E-state index contributed by atoms with van der Waals surface area (Å²) in [5.41, 5.74) is 1.23. The van der Waals surface area contributed by atoms with E-state index in [9.17, 15) is 13.6 Å². The number of benzene rings is 1. The number of hydrogen-bond acceptors (Lipinski definition) is 1. The second-order valence-corrected chi connectivity index (χ2v) is 3.31. The molecule has 0 spiro atoms. The van der Waals surface area contributed by atoms with Gasteiger partial charge in [-0.1, -0.05) is 18.2 Å². The SMILES string of the molecule is CC(=O)Cc1cccc(C(F)F)c1C. The van der Waals surface area contributed by atoms with E-state index in [2.05, 4.69) is 0 Å². The van der Waals surface area contributed by atoms with E-state index in [-0.39, 0.29) is 17.8 Å². The summed E-state index contributed by atoms with van der Waals surface area (Å²) in [6.07, 6.45) is -2.24. The summed E-state index contributed by atoms with van der Waals surface area (Å²) in [6.45, 7) is 3.08. The van der Waals surface area contributed by atoms with E-state index in [0.717, 1.165) is 0 Å². The van der Waals surface area contributed by atoms with Crippen LogP contribution in [0.2, 0.25) is 0 Å². The van der Waals surface area contributed by atoms with E-state index in [1.54, 1.807) is 19.1 Å². The van der Waals surface area contributed by atoms with Gasteiger partial charge in [-0.05, 0) is 25.0 Å². The van der Waals surface area contributed by atoms with Gasteiger partial charge in [0.1, 0.15) is 5.78 Å². The molecule has 3 heteroatoms. The Morgan fingerprint density at radius 1 is 1.43 bits per heavy atom. The topological polar surface area (TPSA) is 17.1 Å². The van der Waals surface area contributed by atoms with Gasteiger partial charge in [0.2, 0.25) is 0 Å². The Kier molecular flexibility index (Phi) is 3.33. The highest BCUT2D eigenvalue weighted by atomic mass is 19.3. The van der Waals surface area contributed by atoms with Crippen LogP contribution in [0.5, 0.6) is 0 Å². The first kappa shape index (κ1) is 10.8. The molecule has 0 amide bonds. The van der Waals surface area contributed by atoms with Crippen molar-refractivity contribution in [2.45, 2.75) is 26.7 Å². The maximum atomic E-state index is 12.5. The molecule has 0 fully saturated rings. The van der Waals surface area contributed by atoms with Gasteiger partial charge in [0.25, 0.3) is 6.43 Å². The third-order valence-electron chi connectivity index (χ3n) is 2.16. The quantitative estimate of drug-likeness (QED) is 0.729. The predicted octanol–water partition coefficient (Wildman–Crippen LogP) is 3.06. The van der Waals surface area contributed by atoms with E-state index < -0.39 is 6.43 Å². The Labute approximate surface area is 81.7 Å². The summed E-state index contributed by atoms with van der Waals surface area (Å²) in [7, 11) is 0. The fraction of sp³-hybridized carbons (Fsp3) is 0.364. The lowest BCUT2D eigenvalue weighted by atomic mass is 9.99. The van der Waals surface area contributed by atoms with Crippen molar-refractivity contribution in [3.05, 3.63) is 34.9 Å². The average molecular weight is 198 g/mol. The molecule has 1 aromatic rings. The highest BCUT2D eigenvalue weighted by Gasteiger charge is 2.12. The van der Waals surface area contributed by atoms with Crippen molar-refractivity contribution in [1.29, 1.82) is 0 Å². The van der Waals surface area contributed by atoms with Crippen LogP contribution in [0.1, 0.15) is 30.0 Å². The van der Waals surface area contributed by atoms with E-state index >= 15 is 0 Å². The maximum Gasteiger partial charge on any atom is 0.264 e. The monoisotopic (exact) mass is 198 g/mol. The van der Waals surface area contributed by atoms with Crippen LogP contribution in [0, 0.1) is 6.92 Å². The van der Waals surface area contributed by atoms with Gasteiger partial charge in [-0.3, -0.25) is 4.79 Å². The molecule has 0 aliphatic carbocycles. The van der Waals surface area contributed by atoms with Gasteiger partial charge in [-0.15, -0.1) is 0 Å². The van der Waals surface area contributed by atoms with Crippen molar-refractivity contribution < 1.29 is 13.6 Å². The molecule has 1 nitrogen and oxygen atoms in total. The van der Waals surface area contributed by atoms with Gasteiger partial charge in [0.05, 0.1) is 0 Å². The molecule has 0 heterocycles.